The Hall–Kier alpha value is -0.700. The molecule has 7 nitrogen and oxygen atoms in total. The smallest absolute Gasteiger partial charge is 0.338 e. The maximum Gasteiger partial charge on any atom is 0.338 e. The molecule has 0 saturated heterocycles. The Morgan fingerprint density at radius 2 is 1.93 bits per heavy atom. The Morgan fingerprint density at radius 1 is 1.53 bits per heavy atom. The van der Waals surface area contributed by atoms with E-state index in [9.17, 15) is 13.2 Å². The van der Waals surface area contributed by atoms with Crippen LogP contribution in [0.15, 0.2) is 0 Å². The summed E-state index contributed by atoms with van der Waals surface area (Å²) in [6.45, 7) is 2.33. The highest BCUT2D eigenvalue weighted by Gasteiger charge is 2.59. The lowest BCUT2D eigenvalue weighted by atomic mass is 9.94. The van der Waals surface area contributed by atoms with Crippen LogP contribution in [-0.2, 0) is 19.6 Å². The molecule has 0 aliphatic carbocycles. The number of hydrogen-bond acceptors (Lipinski definition) is 5. The van der Waals surface area contributed by atoms with Crippen LogP contribution in [0.2, 0.25) is 0 Å². The van der Waals surface area contributed by atoms with Gasteiger partial charge in [-0.1, -0.05) is 6.92 Å². The minimum atomic E-state index is -4.76. The summed E-state index contributed by atoms with van der Waals surface area (Å²) < 4.78 is 35.7. The number of nitrogens with two attached hydrogens (primary N) is 1. The first-order chi connectivity index (χ1) is 6.56. The third-order valence-corrected chi connectivity index (χ3v) is 4.21. The van der Waals surface area contributed by atoms with Gasteiger partial charge < -0.3 is 15.6 Å². The van der Waals surface area contributed by atoms with Crippen LogP contribution < -0.4 is 5.73 Å². The Labute approximate surface area is 88.0 Å². The van der Waals surface area contributed by atoms with Crippen molar-refractivity contribution in [3.8, 4) is 0 Å². The molecule has 15 heavy (non-hydrogen) atoms. The number of carbonyl (C=O) groups is 1. The maximum atomic E-state index is 11.1. The van der Waals surface area contributed by atoms with Crippen LogP contribution in [-0.4, -0.2) is 41.6 Å². The van der Waals surface area contributed by atoms with Crippen molar-refractivity contribution in [3.63, 3.8) is 0 Å². The lowest BCUT2D eigenvalue weighted by Gasteiger charge is -2.38. The zero-order valence-electron chi connectivity index (χ0n) is 8.72. The quantitative estimate of drug-likeness (QED) is 0.550. The van der Waals surface area contributed by atoms with Crippen molar-refractivity contribution in [2.24, 2.45) is 5.73 Å². The summed E-state index contributed by atoms with van der Waals surface area (Å²) in [5.41, 5.74) is 3.21. The summed E-state index contributed by atoms with van der Waals surface area (Å²) in [7, 11) is -3.75. The first-order valence-electron chi connectivity index (χ1n) is 4.11. The van der Waals surface area contributed by atoms with E-state index in [1.54, 1.807) is 0 Å². The predicted molar refractivity (Wildman–Crippen MR) is 51.8 cm³/mol. The Balaban J connectivity index is 5.77. The van der Waals surface area contributed by atoms with E-state index in [2.05, 4.69) is 4.74 Å². The van der Waals surface area contributed by atoms with Crippen molar-refractivity contribution in [3.05, 3.63) is 0 Å². The SMILES string of the molecule is CCC(N)(C(C)(OC)C(=O)O)S(=O)(=O)O. The molecule has 2 unspecified atom stereocenters. The van der Waals surface area contributed by atoms with Crippen molar-refractivity contribution >= 4 is 16.1 Å². The Morgan fingerprint density at radius 3 is 2.00 bits per heavy atom. The van der Waals surface area contributed by atoms with Gasteiger partial charge in [-0.15, -0.1) is 0 Å². The summed E-state index contributed by atoms with van der Waals surface area (Å²) in [4.78, 5) is 8.54. The lowest BCUT2D eigenvalue weighted by molar-refractivity contribution is -0.165. The molecule has 0 bridgehead atoms. The lowest BCUT2D eigenvalue weighted by Crippen LogP contribution is -2.67. The van der Waals surface area contributed by atoms with E-state index in [4.69, 9.17) is 15.4 Å². The van der Waals surface area contributed by atoms with Gasteiger partial charge in [-0.25, -0.2) is 4.79 Å². The largest absolute Gasteiger partial charge is 0.479 e. The number of hydrogen-bond donors (Lipinski definition) is 3. The highest BCUT2D eigenvalue weighted by molar-refractivity contribution is 7.87. The van der Waals surface area contributed by atoms with Gasteiger partial charge in [-0.2, -0.15) is 8.42 Å². The maximum absolute atomic E-state index is 11.1. The standard InChI is InChI=1S/C7H15NO6S/c1-4-7(8,15(11,12)13)6(2,14-3)5(9)10/h4,8H2,1-3H3,(H,9,10)(H,11,12,13). The molecule has 0 amide bonds. The number of aliphatic carboxylic acids is 1. The van der Waals surface area contributed by atoms with Gasteiger partial charge in [0.15, 0.2) is 10.5 Å². The van der Waals surface area contributed by atoms with Gasteiger partial charge in [0.2, 0.25) is 0 Å². The molecule has 0 aromatic rings. The zero-order valence-corrected chi connectivity index (χ0v) is 9.54. The van der Waals surface area contributed by atoms with E-state index < -0.39 is 26.6 Å². The molecule has 0 aliphatic rings. The summed E-state index contributed by atoms with van der Waals surface area (Å²) in [5.74, 6) is -1.56. The highest BCUT2D eigenvalue weighted by atomic mass is 32.2. The van der Waals surface area contributed by atoms with Crippen LogP contribution >= 0.6 is 0 Å². The Kier molecular flexibility index (Phi) is 3.86. The predicted octanol–water partition coefficient (Wildman–Crippen LogP) is -0.571. The summed E-state index contributed by atoms with van der Waals surface area (Å²) in [6.07, 6.45) is -0.303. The fraction of sp³-hybridized carbons (Fsp3) is 0.857. The van der Waals surface area contributed by atoms with Crippen molar-refractivity contribution < 1.29 is 27.6 Å². The van der Waals surface area contributed by atoms with Crippen LogP contribution in [0.4, 0.5) is 0 Å². The summed E-state index contributed by atoms with van der Waals surface area (Å²) in [6, 6.07) is 0. The van der Waals surface area contributed by atoms with Crippen LogP contribution in [0.5, 0.6) is 0 Å². The van der Waals surface area contributed by atoms with Crippen LogP contribution in [0.1, 0.15) is 20.3 Å². The van der Waals surface area contributed by atoms with Crippen molar-refractivity contribution in [2.75, 3.05) is 7.11 Å². The normalized spacial score (nSPS) is 20.3. The molecule has 8 heteroatoms. The van der Waals surface area contributed by atoms with E-state index in [0.717, 1.165) is 14.0 Å². The minimum absolute atomic E-state index is 0.303. The van der Waals surface area contributed by atoms with Crippen LogP contribution in [0.3, 0.4) is 0 Å². The number of methoxy groups -OCH3 is 1. The van der Waals surface area contributed by atoms with Gasteiger partial charge in [0.1, 0.15) is 0 Å². The fourth-order valence-electron chi connectivity index (χ4n) is 1.21. The average Bonchev–Trinajstić information content (AvgIpc) is 2.12. The molecule has 0 fully saturated rings. The second-order valence-corrected chi connectivity index (χ2v) is 4.94. The van der Waals surface area contributed by atoms with Gasteiger partial charge in [0.25, 0.3) is 10.1 Å². The van der Waals surface area contributed by atoms with E-state index in [1.165, 1.54) is 6.92 Å². The van der Waals surface area contributed by atoms with E-state index in [1.807, 2.05) is 0 Å². The number of ether oxygens (including phenoxy) is 1. The van der Waals surface area contributed by atoms with Crippen molar-refractivity contribution in [1.29, 1.82) is 0 Å². The molecule has 0 aromatic heterocycles. The van der Waals surface area contributed by atoms with E-state index >= 15 is 0 Å². The highest BCUT2D eigenvalue weighted by Crippen LogP contribution is 2.31. The number of rotatable bonds is 5. The van der Waals surface area contributed by atoms with Gasteiger partial charge in [0, 0.05) is 7.11 Å². The molecular formula is C7H15NO6S. The molecule has 0 spiro atoms. The molecule has 0 rings (SSSR count). The second-order valence-electron chi connectivity index (χ2n) is 3.26. The first-order valence-corrected chi connectivity index (χ1v) is 5.55. The minimum Gasteiger partial charge on any atom is -0.479 e. The number of carboxylic acid groups (broad SMARTS) is 1. The molecule has 0 aliphatic heterocycles. The molecule has 0 aromatic carbocycles. The second kappa shape index (κ2) is 4.05. The molecule has 90 valence electrons. The zero-order chi connectivity index (χ0) is 12.5. The summed E-state index contributed by atoms with van der Waals surface area (Å²) >= 11 is 0. The van der Waals surface area contributed by atoms with Gasteiger partial charge in [-0.05, 0) is 13.3 Å². The van der Waals surface area contributed by atoms with E-state index in [0.29, 0.717) is 0 Å². The van der Waals surface area contributed by atoms with Gasteiger partial charge >= 0.3 is 5.97 Å². The molecule has 2 atom stereocenters. The van der Waals surface area contributed by atoms with Crippen LogP contribution in [0, 0.1) is 0 Å². The molecule has 0 radical (unpaired) electrons. The van der Waals surface area contributed by atoms with Gasteiger partial charge in [0.05, 0.1) is 0 Å². The molecule has 0 saturated carbocycles. The molecule has 4 N–H and O–H groups in total. The number of carboxylic acids is 1. The monoisotopic (exact) mass is 241 g/mol. The van der Waals surface area contributed by atoms with E-state index in [-0.39, 0.29) is 6.42 Å². The molecular weight excluding hydrogens is 226 g/mol. The molecule has 0 heterocycles. The first kappa shape index (κ1) is 14.3. The Bertz CT molecular complexity index is 352. The van der Waals surface area contributed by atoms with Crippen molar-refractivity contribution in [1.82, 2.24) is 0 Å². The topological polar surface area (TPSA) is 127 Å². The van der Waals surface area contributed by atoms with Gasteiger partial charge in [-0.3, -0.25) is 4.55 Å². The van der Waals surface area contributed by atoms with Crippen molar-refractivity contribution in [2.45, 2.75) is 30.7 Å². The third-order valence-electron chi connectivity index (χ3n) is 2.61. The fourth-order valence-corrected chi connectivity index (χ4v) is 2.23. The third kappa shape index (κ3) is 1.98. The van der Waals surface area contributed by atoms with Crippen LogP contribution in [0.25, 0.3) is 0 Å². The summed E-state index contributed by atoms with van der Waals surface area (Å²) in [5, 5.41) is 8.88. The average molecular weight is 241 g/mol.